The minimum absolute atomic E-state index is 0.128. The number of carbonyl (C=O) groups excluding carboxylic acids is 2. The van der Waals surface area contributed by atoms with Crippen LogP contribution in [-0.4, -0.2) is 28.1 Å². The molecule has 0 saturated carbocycles. The number of hydrogen-bond donors (Lipinski definition) is 0. The van der Waals surface area contributed by atoms with E-state index in [0.717, 1.165) is 0 Å². The average molecular weight is 244 g/mol. The van der Waals surface area contributed by atoms with Crippen LogP contribution < -0.4 is 0 Å². The number of ether oxygens (including phenoxy) is 1. The Morgan fingerprint density at radius 1 is 0.800 bits per heavy atom. The summed E-state index contributed by atoms with van der Waals surface area (Å²) in [7, 11) is -3.33. The van der Waals surface area contributed by atoms with Crippen LogP contribution in [0.2, 0.25) is 50.4 Å². The van der Waals surface area contributed by atoms with Crippen LogP contribution in [0.25, 0.3) is 0 Å². The Bertz CT molecular complexity index is 269. The lowest BCUT2D eigenvalue weighted by Gasteiger charge is -2.31. The number of cyclic esters (lactones) is 2. The molecule has 1 fully saturated rings. The SMILES string of the molecule is C[Si](C)(C)C1C(=O)OC(=O)C1[Si](C)(C)C. The van der Waals surface area contributed by atoms with Crippen LogP contribution in [0.5, 0.6) is 0 Å². The van der Waals surface area contributed by atoms with Crippen molar-refractivity contribution in [2.24, 2.45) is 0 Å². The summed E-state index contributed by atoms with van der Waals surface area (Å²) >= 11 is 0. The van der Waals surface area contributed by atoms with Gasteiger partial charge in [-0.05, 0) is 0 Å². The molecule has 15 heavy (non-hydrogen) atoms. The zero-order valence-electron chi connectivity index (χ0n) is 10.4. The van der Waals surface area contributed by atoms with Gasteiger partial charge in [0, 0.05) is 0 Å². The van der Waals surface area contributed by atoms with Crippen molar-refractivity contribution in [3.63, 3.8) is 0 Å². The zero-order chi connectivity index (χ0) is 12.0. The fourth-order valence-corrected chi connectivity index (χ4v) is 9.01. The fourth-order valence-electron chi connectivity index (χ4n) is 2.21. The summed E-state index contributed by atoms with van der Waals surface area (Å²) in [5, 5.41) is 0. The van der Waals surface area contributed by atoms with Gasteiger partial charge in [0.15, 0.2) is 0 Å². The van der Waals surface area contributed by atoms with Gasteiger partial charge in [-0.25, -0.2) is 0 Å². The van der Waals surface area contributed by atoms with E-state index in [2.05, 4.69) is 39.3 Å². The number of carbonyl (C=O) groups is 2. The second-order valence-corrected chi connectivity index (χ2v) is 17.1. The minimum Gasteiger partial charge on any atom is -0.393 e. The highest BCUT2D eigenvalue weighted by atomic mass is 28.3. The van der Waals surface area contributed by atoms with Crippen molar-refractivity contribution in [3.05, 3.63) is 0 Å². The highest BCUT2D eigenvalue weighted by Gasteiger charge is 2.55. The van der Waals surface area contributed by atoms with Crippen LogP contribution in [0.3, 0.4) is 0 Å². The normalized spacial score (nSPS) is 28.1. The van der Waals surface area contributed by atoms with Crippen molar-refractivity contribution in [2.45, 2.75) is 50.4 Å². The second kappa shape index (κ2) is 3.55. The molecule has 0 bridgehead atoms. The minimum atomic E-state index is -1.66. The zero-order valence-corrected chi connectivity index (χ0v) is 12.4. The first-order valence-electron chi connectivity index (χ1n) is 5.30. The third kappa shape index (κ3) is 2.39. The van der Waals surface area contributed by atoms with Gasteiger partial charge in [0.1, 0.15) is 0 Å². The molecule has 0 radical (unpaired) electrons. The lowest BCUT2D eigenvalue weighted by molar-refractivity contribution is -0.152. The molecular weight excluding hydrogens is 224 g/mol. The van der Waals surface area contributed by atoms with Crippen molar-refractivity contribution in [3.8, 4) is 0 Å². The molecule has 1 aliphatic heterocycles. The summed E-state index contributed by atoms with van der Waals surface area (Å²) in [5.74, 6) is -0.543. The van der Waals surface area contributed by atoms with Crippen molar-refractivity contribution in [1.29, 1.82) is 0 Å². The molecule has 3 nitrogen and oxygen atoms in total. The smallest absolute Gasteiger partial charge is 0.314 e. The standard InChI is InChI=1S/C10H20O3Si2/c1-14(2,3)7-8(15(4,5)6)10(12)13-9(7)11/h7-8H,1-6H3. The van der Waals surface area contributed by atoms with Gasteiger partial charge < -0.3 is 4.74 Å². The summed E-state index contributed by atoms with van der Waals surface area (Å²) in [5.41, 5.74) is -0.256. The number of rotatable bonds is 2. The maximum atomic E-state index is 11.7. The molecule has 86 valence electrons. The summed E-state index contributed by atoms with van der Waals surface area (Å²) in [6, 6.07) is 0. The van der Waals surface area contributed by atoms with E-state index in [1.807, 2.05) is 0 Å². The summed E-state index contributed by atoms with van der Waals surface area (Å²) in [6.45, 7) is 12.8. The predicted molar refractivity (Wildman–Crippen MR) is 65.3 cm³/mol. The molecule has 0 aromatic heterocycles. The highest BCUT2D eigenvalue weighted by molar-refractivity contribution is 6.88. The largest absolute Gasteiger partial charge is 0.393 e. The van der Waals surface area contributed by atoms with Gasteiger partial charge in [0.05, 0.1) is 27.2 Å². The monoisotopic (exact) mass is 244 g/mol. The Hall–Kier alpha value is -0.426. The van der Waals surface area contributed by atoms with Crippen LogP contribution in [0, 0.1) is 0 Å². The lowest BCUT2D eigenvalue weighted by atomic mass is 10.3. The third-order valence-corrected chi connectivity index (χ3v) is 8.11. The highest BCUT2D eigenvalue weighted by Crippen LogP contribution is 2.46. The molecule has 0 aliphatic carbocycles. The fraction of sp³-hybridized carbons (Fsp3) is 0.800. The van der Waals surface area contributed by atoms with Gasteiger partial charge in [0.2, 0.25) is 0 Å². The molecule has 1 aliphatic rings. The quantitative estimate of drug-likeness (QED) is 0.426. The number of esters is 2. The van der Waals surface area contributed by atoms with Crippen LogP contribution >= 0.6 is 0 Å². The van der Waals surface area contributed by atoms with E-state index in [-0.39, 0.29) is 23.0 Å². The molecule has 0 aromatic rings. The van der Waals surface area contributed by atoms with Crippen molar-refractivity contribution < 1.29 is 14.3 Å². The Balaban J connectivity index is 3.12. The molecule has 2 atom stereocenters. The Morgan fingerprint density at radius 2 is 1.07 bits per heavy atom. The molecule has 1 rings (SSSR count). The molecule has 0 aromatic carbocycles. The topological polar surface area (TPSA) is 43.4 Å². The number of hydrogen-bond acceptors (Lipinski definition) is 3. The van der Waals surface area contributed by atoms with Crippen LogP contribution in [0.4, 0.5) is 0 Å². The molecule has 0 amide bonds. The van der Waals surface area contributed by atoms with Gasteiger partial charge >= 0.3 is 11.9 Å². The molecule has 1 saturated heterocycles. The van der Waals surface area contributed by atoms with Gasteiger partial charge in [-0.2, -0.15) is 0 Å². The molecular formula is C10H20O3Si2. The van der Waals surface area contributed by atoms with Gasteiger partial charge in [0.25, 0.3) is 0 Å². The van der Waals surface area contributed by atoms with Gasteiger partial charge in [-0.1, -0.05) is 39.3 Å². The predicted octanol–water partition coefficient (Wildman–Crippen LogP) is 2.49. The maximum absolute atomic E-state index is 11.7. The summed E-state index contributed by atoms with van der Waals surface area (Å²) in [6.07, 6.45) is 0. The van der Waals surface area contributed by atoms with E-state index in [9.17, 15) is 9.59 Å². The maximum Gasteiger partial charge on any atom is 0.314 e. The first-order valence-corrected chi connectivity index (χ1v) is 12.5. The van der Waals surface area contributed by atoms with E-state index in [4.69, 9.17) is 4.74 Å². The van der Waals surface area contributed by atoms with Gasteiger partial charge in [-0.15, -0.1) is 0 Å². The lowest BCUT2D eigenvalue weighted by Crippen LogP contribution is -2.42. The molecule has 1 heterocycles. The van der Waals surface area contributed by atoms with E-state index in [0.29, 0.717) is 0 Å². The second-order valence-electron chi connectivity index (χ2n) is 6.43. The van der Waals surface area contributed by atoms with Crippen molar-refractivity contribution in [2.75, 3.05) is 0 Å². The first-order chi connectivity index (χ1) is 6.55. The van der Waals surface area contributed by atoms with Crippen molar-refractivity contribution >= 4 is 28.1 Å². The molecule has 0 spiro atoms. The summed E-state index contributed by atoms with van der Waals surface area (Å²) < 4.78 is 4.83. The third-order valence-electron chi connectivity index (χ3n) is 2.91. The van der Waals surface area contributed by atoms with Gasteiger partial charge in [-0.3, -0.25) is 9.59 Å². The Labute approximate surface area is 93.2 Å². The molecule has 0 N–H and O–H groups in total. The van der Waals surface area contributed by atoms with E-state index < -0.39 is 16.1 Å². The van der Waals surface area contributed by atoms with Crippen LogP contribution in [-0.2, 0) is 14.3 Å². The van der Waals surface area contributed by atoms with E-state index in [1.54, 1.807) is 0 Å². The van der Waals surface area contributed by atoms with E-state index >= 15 is 0 Å². The summed E-state index contributed by atoms with van der Waals surface area (Å²) in [4.78, 5) is 23.4. The van der Waals surface area contributed by atoms with E-state index in [1.165, 1.54) is 0 Å². The van der Waals surface area contributed by atoms with Crippen molar-refractivity contribution in [1.82, 2.24) is 0 Å². The average Bonchev–Trinajstić information content (AvgIpc) is 2.22. The Morgan fingerprint density at radius 3 is 1.27 bits per heavy atom. The molecule has 5 heteroatoms. The van der Waals surface area contributed by atoms with Crippen LogP contribution in [0.15, 0.2) is 0 Å². The van der Waals surface area contributed by atoms with Crippen LogP contribution in [0.1, 0.15) is 0 Å². The molecule has 2 unspecified atom stereocenters. The first kappa shape index (κ1) is 12.6. The Kier molecular flexibility index (Phi) is 3.00.